The number of rotatable bonds is 2. The largest absolute Gasteiger partial charge is 0.242 e. The second-order valence-corrected chi connectivity index (χ2v) is 7.09. The van der Waals surface area contributed by atoms with Crippen LogP contribution in [0.25, 0.3) is 22.5 Å². The number of hydrogen-bond donors (Lipinski definition) is 0. The lowest BCUT2D eigenvalue weighted by Gasteiger charge is -2.06. The molecule has 2 aromatic heterocycles. The van der Waals surface area contributed by atoms with Crippen molar-refractivity contribution in [2.75, 3.05) is 0 Å². The summed E-state index contributed by atoms with van der Waals surface area (Å²) in [5, 5.41) is 6.34. The van der Waals surface area contributed by atoms with Crippen molar-refractivity contribution >= 4 is 38.6 Å². The third-order valence-electron chi connectivity index (χ3n) is 2.79. The van der Waals surface area contributed by atoms with Gasteiger partial charge in [-0.2, -0.15) is 0 Å². The zero-order valence-corrected chi connectivity index (χ0v) is 13.7. The second kappa shape index (κ2) is 5.15. The minimum atomic E-state index is 1.02. The van der Waals surface area contributed by atoms with Crippen molar-refractivity contribution in [3.8, 4) is 22.5 Å². The number of aryl methyl sites for hydroxylation is 2. The van der Waals surface area contributed by atoms with Gasteiger partial charge in [0.25, 0.3) is 0 Å². The number of hydrogen-bond acceptors (Lipinski definition) is 4. The Bertz CT molecular complexity index is 672. The highest BCUT2D eigenvalue weighted by atomic mass is 79.9. The molecule has 0 amide bonds. The van der Waals surface area contributed by atoms with Crippen LogP contribution in [0.15, 0.2) is 33.4 Å². The van der Waals surface area contributed by atoms with Crippen LogP contribution in [0.3, 0.4) is 0 Å². The fourth-order valence-electron chi connectivity index (χ4n) is 1.90. The molecule has 0 saturated carbocycles. The van der Waals surface area contributed by atoms with Gasteiger partial charge in [0.05, 0.1) is 21.4 Å². The van der Waals surface area contributed by atoms with Crippen LogP contribution in [-0.2, 0) is 0 Å². The maximum atomic E-state index is 4.55. The Kier molecular flexibility index (Phi) is 3.52. The molecule has 0 fully saturated rings. The van der Waals surface area contributed by atoms with Gasteiger partial charge in [-0.05, 0) is 29.8 Å². The number of halogens is 1. The van der Waals surface area contributed by atoms with Crippen molar-refractivity contribution in [2.45, 2.75) is 13.8 Å². The van der Waals surface area contributed by atoms with Crippen LogP contribution in [-0.4, -0.2) is 9.97 Å². The molecule has 96 valence electrons. The van der Waals surface area contributed by atoms with Gasteiger partial charge in [0.15, 0.2) is 0 Å². The smallest absolute Gasteiger partial charge is 0.0901 e. The first kappa shape index (κ1) is 13.0. The summed E-state index contributed by atoms with van der Waals surface area (Å²) in [4.78, 5) is 9.10. The first-order valence-corrected chi connectivity index (χ1v) is 8.34. The average molecular weight is 351 g/mol. The van der Waals surface area contributed by atoms with E-state index in [2.05, 4.69) is 54.9 Å². The Morgan fingerprint density at radius 2 is 1.37 bits per heavy atom. The maximum Gasteiger partial charge on any atom is 0.0901 e. The van der Waals surface area contributed by atoms with Gasteiger partial charge in [-0.1, -0.05) is 18.2 Å². The lowest BCUT2D eigenvalue weighted by molar-refractivity contribution is 1.28. The molecule has 1 aromatic carbocycles. The van der Waals surface area contributed by atoms with Crippen LogP contribution in [0.1, 0.15) is 10.0 Å². The van der Waals surface area contributed by atoms with Crippen LogP contribution in [0.5, 0.6) is 0 Å². The maximum absolute atomic E-state index is 4.55. The molecule has 0 atom stereocenters. The van der Waals surface area contributed by atoms with Gasteiger partial charge >= 0.3 is 0 Å². The molecule has 0 N–H and O–H groups in total. The fourth-order valence-corrected chi connectivity index (χ4v) is 3.80. The van der Waals surface area contributed by atoms with Crippen molar-refractivity contribution in [1.82, 2.24) is 9.97 Å². The van der Waals surface area contributed by atoms with Gasteiger partial charge in [0, 0.05) is 26.4 Å². The minimum absolute atomic E-state index is 1.02. The first-order chi connectivity index (χ1) is 9.15. The van der Waals surface area contributed by atoms with Gasteiger partial charge in [-0.25, -0.2) is 9.97 Å². The molecule has 3 aromatic rings. The van der Waals surface area contributed by atoms with Crippen LogP contribution in [0.4, 0.5) is 0 Å². The fraction of sp³-hybridized carbons (Fsp3) is 0.143. The molecule has 0 unspecified atom stereocenters. The summed E-state index contributed by atoms with van der Waals surface area (Å²) < 4.78 is 1.06. The average Bonchev–Trinajstić information content (AvgIpc) is 2.99. The molecule has 0 bridgehead atoms. The predicted molar refractivity (Wildman–Crippen MR) is 85.8 cm³/mol. The van der Waals surface area contributed by atoms with E-state index in [1.165, 1.54) is 0 Å². The van der Waals surface area contributed by atoms with Gasteiger partial charge in [0.2, 0.25) is 0 Å². The topological polar surface area (TPSA) is 25.8 Å². The molecular weight excluding hydrogens is 340 g/mol. The second-order valence-electron chi connectivity index (χ2n) is 4.17. The summed E-state index contributed by atoms with van der Waals surface area (Å²) >= 11 is 7.04. The third-order valence-corrected chi connectivity index (χ3v) is 5.19. The van der Waals surface area contributed by atoms with Crippen molar-refractivity contribution in [3.63, 3.8) is 0 Å². The number of benzene rings is 1. The highest BCUT2D eigenvalue weighted by Gasteiger charge is 2.13. The van der Waals surface area contributed by atoms with Crippen LogP contribution in [0.2, 0.25) is 0 Å². The molecule has 19 heavy (non-hydrogen) atoms. The van der Waals surface area contributed by atoms with Crippen LogP contribution >= 0.6 is 38.6 Å². The Labute approximate surface area is 128 Å². The molecule has 3 rings (SSSR count). The monoisotopic (exact) mass is 350 g/mol. The van der Waals surface area contributed by atoms with Crippen molar-refractivity contribution in [2.24, 2.45) is 0 Å². The summed E-state index contributed by atoms with van der Waals surface area (Å²) in [6.07, 6.45) is 0. The van der Waals surface area contributed by atoms with E-state index in [1.54, 1.807) is 22.7 Å². The Morgan fingerprint density at radius 1 is 0.895 bits per heavy atom. The van der Waals surface area contributed by atoms with Crippen LogP contribution < -0.4 is 0 Å². The lowest BCUT2D eigenvalue weighted by Crippen LogP contribution is -1.86. The van der Waals surface area contributed by atoms with Crippen molar-refractivity contribution in [3.05, 3.63) is 43.4 Å². The normalized spacial score (nSPS) is 10.9. The van der Waals surface area contributed by atoms with E-state index in [-0.39, 0.29) is 0 Å². The van der Waals surface area contributed by atoms with E-state index in [4.69, 9.17) is 0 Å². The highest BCUT2D eigenvalue weighted by molar-refractivity contribution is 9.10. The van der Waals surface area contributed by atoms with Gasteiger partial charge in [0.1, 0.15) is 0 Å². The third kappa shape index (κ3) is 2.50. The van der Waals surface area contributed by atoms with E-state index in [0.717, 1.165) is 37.0 Å². The zero-order chi connectivity index (χ0) is 13.4. The number of nitrogens with zero attached hydrogens (tertiary/aromatic N) is 2. The SMILES string of the molecule is Cc1nc(-c2cccc(-c3csc(C)n3)c2Br)cs1. The summed E-state index contributed by atoms with van der Waals surface area (Å²) in [7, 11) is 0. The standard InChI is InChI=1S/C14H11BrN2S2/c1-8-16-12(6-18-8)10-4-3-5-11(14(10)15)13-7-19-9(2)17-13/h3-7H,1-2H3. The molecule has 0 saturated heterocycles. The highest BCUT2D eigenvalue weighted by Crippen LogP contribution is 2.37. The molecule has 0 aliphatic heterocycles. The Balaban J connectivity index is 2.14. The summed E-state index contributed by atoms with van der Waals surface area (Å²) in [6.45, 7) is 4.05. The predicted octanol–water partition coefficient (Wildman–Crippen LogP) is 5.31. The van der Waals surface area contributed by atoms with Crippen LogP contribution in [0, 0.1) is 13.8 Å². The first-order valence-electron chi connectivity index (χ1n) is 5.78. The zero-order valence-electron chi connectivity index (χ0n) is 10.5. The molecule has 0 spiro atoms. The number of thiazole rings is 2. The van der Waals surface area contributed by atoms with E-state index in [9.17, 15) is 0 Å². The van der Waals surface area contributed by atoms with Gasteiger partial charge in [-0.3, -0.25) is 0 Å². The summed E-state index contributed by atoms with van der Waals surface area (Å²) in [5.41, 5.74) is 4.27. The van der Waals surface area contributed by atoms with E-state index in [0.29, 0.717) is 0 Å². The van der Waals surface area contributed by atoms with Gasteiger partial charge in [-0.15, -0.1) is 22.7 Å². The van der Waals surface area contributed by atoms with E-state index in [1.807, 2.05) is 13.8 Å². The number of aromatic nitrogens is 2. The minimum Gasteiger partial charge on any atom is -0.242 e. The molecular formula is C14H11BrN2S2. The molecule has 2 nitrogen and oxygen atoms in total. The molecule has 0 aliphatic carbocycles. The molecule has 0 aliphatic rings. The summed E-state index contributed by atoms with van der Waals surface area (Å²) in [5.74, 6) is 0. The van der Waals surface area contributed by atoms with E-state index < -0.39 is 0 Å². The molecule has 2 heterocycles. The summed E-state index contributed by atoms with van der Waals surface area (Å²) in [6, 6.07) is 6.22. The Morgan fingerprint density at radius 3 is 1.74 bits per heavy atom. The Hall–Kier alpha value is -1.04. The molecule has 5 heteroatoms. The van der Waals surface area contributed by atoms with E-state index >= 15 is 0 Å². The lowest BCUT2D eigenvalue weighted by atomic mass is 10.1. The molecule has 0 radical (unpaired) electrons. The quantitative estimate of drug-likeness (QED) is 0.625. The van der Waals surface area contributed by atoms with Crippen molar-refractivity contribution in [1.29, 1.82) is 0 Å². The van der Waals surface area contributed by atoms with Crippen molar-refractivity contribution < 1.29 is 0 Å². The van der Waals surface area contributed by atoms with Gasteiger partial charge < -0.3 is 0 Å².